The van der Waals surface area contributed by atoms with Gasteiger partial charge in [-0.1, -0.05) is 18.2 Å². The van der Waals surface area contributed by atoms with E-state index in [2.05, 4.69) is 15.2 Å². The maximum atomic E-state index is 14.0. The first-order valence-corrected chi connectivity index (χ1v) is 13.7. The van der Waals surface area contributed by atoms with E-state index in [-0.39, 0.29) is 44.7 Å². The fourth-order valence-electron chi connectivity index (χ4n) is 5.63. The van der Waals surface area contributed by atoms with E-state index in [0.717, 1.165) is 10.6 Å². The van der Waals surface area contributed by atoms with Gasteiger partial charge in [0.15, 0.2) is 5.65 Å². The van der Waals surface area contributed by atoms with Crippen LogP contribution in [0.2, 0.25) is 0 Å². The molecule has 2 saturated heterocycles. The van der Waals surface area contributed by atoms with Crippen molar-refractivity contribution >= 4 is 34.4 Å². The number of halogens is 3. The summed E-state index contributed by atoms with van der Waals surface area (Å²) >= 11 is 0. The Bertz CT molecular complexity index is 1440. The van der Waals surface area contributed by atoms with Gasteiger partial charge in [-0.05, 0) is 45.1 Å². The summed E-state index contributed by atoms with van der Waals surface area (Å²) in [6.07, 6.45) is -0.895. The van der Waals surface area contributed by atoms with Crippen molar-refractivity contribution in [2.45, 2.75) is 24.6 Å². The average Bonchev–Trinajstić information content (AvgIpc) is 3.53. The van der Waals surface area contributed by atoms with Gasteiger partial charge in [-0.3, -0.25) is 19.5 Å². The Morgan fingerprint density at radius 1 is 1.07 bits per heavy atom. The minimum atomic E-state index is -4.56. The van der Waals surface area contributed by atoms with Gasteiger partial charge in [-0.25, -0.2) is 4.98 Å². The van der Waals surface area contributed by atoms with Gasteiger partial charge in [-0.2, -0.15) is 18.3 Å². The zero-order valence-corrected chi connectivity index (χ0v) is 23.5. The lowest BCUT2D eigenvalue weighted by Gasteiger charge is -2.43. The molecular formula is C28H33F3N8O3. The van der Waals surface area contributed by atoms with Gasteiger partial charge in [-0.15, -0.1) is 0 Å². The lowest BCUT2D eigenvalue weighted by Crippen LogP contribution is -2.57. The number of likely N-dealkylation sites (N-methyl/N-ethyl adjacent to an activating group) is 1. The molecule has 2 aliphatic heterocycles. The van der Waals surface area contributed by atoms with Gasteiger partial charge >= 0.3 is 6.18 Å². The Hall–Kier alpha value is -4.20. The fourth-order valence-corrected chi connectivity index (χ4v) is 5.63. The predicted octanol–water partition coefficient (Wildman–Crippen LogP) is 2.19. The monoisotopic (exact) mass is 586 g/mol. The summed E-state index contributed by atoms with van der Waals surface area (Å²) in [5.41, 5.74) is 0.704. The van der Waals surface area contributed by atoms with Crippen molar-refractivity contribution < 1.29 is 27.6 Å². The van der Waals surface area contributed by atoms with Crippen LogP contribution in [-0.4, -0.2) is 124 Å². The van der Waals surface area contributed by atoms with E-state index in [1.165, 1.54) is 11.1 Å². The van der Waals surface area contributed by atoms with Crippen LogP contribution in [0.1, 0.15) is 23.2 Å². The normalized spacial score (nSPS) is 17.1. The number of aromatic nitrogens is 3. The van der Waals surface area contributed by atoms with E-state index in [9.17, 15) is 27.6 Å². The minimum Gasteiger partial charge on any atom is -0.339 e. The average molecular weight is 587 g/mol. The molecule has 3 amide bonds. The molecule has 1 aromatic carbocycles. The van der Waals surface area contributed by atoms with Gasteiger partial charge < -0.3 is 24.5 Å². The summed E-state index contributed by atoms with van der Waals surface area (Å²) in [6.45, 7) is -1.10. The number of pyridine rings is 1. The number of H-pyrrole nitrogens is 1. The molecule has 42 heavy (non-hydrogen) atoms. The third-order valence-electron chi connectivity index (χ3n) is 7.86. The standard InChI is InChI=1S/C28H33F3N8O3/c1-35(2)12-13-37(18-28(29,30)31)23(40)17-38-19-39(22-6-4-3-5-7-22)27(26(38)42)8-10-36(11-9-27)25(41)21-14-20-16-33-34-24(20)32-15-21/h3-7,14-16H,8-13,17-19H2,1-2H3,(H,32,33,34). The number of piperidine rings is 1. The zero-order chi connectivity index (χ0) is 30.1. The number of rotatable bonds is 8. The van der Waals surface area contributed by atoms with Crippen LogP contribution in [0.4, 0.5) is 18.9 Å². The third-order valence-corrected chi connectivity index (χ3v) is 7.86. The quantitative estimate of drug-likeness (QED) is 0.431. The number of amides is 3. The van der Waals surface area contributed by atoms with Gasteiger partial charge in [0.1, 0.15) is 18.6 Å². The Kier molecular flexibility index (Phi) is 8.08. The van der Waals surface area contributed by atoms with E-state index >= 15 is 0 Å². The van der Waals surface area contributed by atoms with Crippen molar-refractivity contribution in [1.82, 2.24) is 34.8 Å². The largest absolute Gasteiger partial charge is 0.406 e. The van der Waals surface area contributed by atoms with Gasteiger partial charge in [0.2, 0.25) is 5.91 Å². The lowest BCUT2D eigenvalue weighted by atomic mass is 9.85. The molecule has 0 unspecified atom stereocenters. The molecular weight excluding hydrogens is 553 g/mol. The summed E-state index contributed by atoms with van der Waals surface area (Å²) in [6, 6.07) is 11.0. The zero-order valence-electron chi connectivity index (χ0n) is 23.5. The molecule has 224 valence electrons. The number of fused-ring (bicyclic) bond motifs is 1. The van der Waals surface area contributed by atoms with Crippen molar-refractivity contribution in [3.05, 3.63) is 54.4 Å². The summed E-state index contributed by atoms with van der Waals surface area (Å²) in [7, 11) is 3.43. The number of hydrogen-bond acceptors (Lipinski definition) is 7. The van der Waals surface area contributed by atoms with E-state index in [4.69, 9.17) is 0 Å². The number of benzene rings is 1. The molecule has 0 saturated carbocycles. The van der Waals surface area contributed by atoms with Crippen molar-refractivity contribution in [3.63, 3.8) is 0 Å². The number of hydrogen-bond donors (Lipinski definition) is 1. The van der Waals surface area contributed by atoms with Gasteiger partial charge in [0.25, 0.3) is 11.8 Å². The first-order chi connectivity index (χ1) is 20.0. The number of likely N-dealkylation sites (tertiary alicyclic amines) is 1. The molecule has 0 radical (unpaired) electrons. The molecule has 3 aromatic rings. The molecule has 11 nitrogen and oxygen atoms in total. The Labute approximate surface area is 240 Å². The molecule has 0 aliphatic carbocycles. The van der Waals surface area contributed by atoms with Crippen molar-refractivity contribution in [2.24, 2.45) is 0 Å². The number of alkyl halides is 3. The third kappa shape index (κ3) is 6.03. The maximum Gasteiger partial charge on any atom is 0.406 e. The topological polar surface area (TPSA) is 109 Å². The number of anilines is 1. The number of para-hydroxylation sites is 1. The molecule has 2 aliphatic rings. The summed E-state index contributed by atoms with van der Waals surface area (Å²) in [5, 5.41) is 7.40. The molecule has 2 aromatic heterocycles. The van der Waals surface area contributed by atoms with Crippen molar-refractivity contribution in [3.8, 4) is 0 Å². The van der Waals surface area contributed by atoms with Gasteiger partial charge in [0.05, 0.1) is 18.4 Å². The molecule has 2 fully saturated rings. The number of nitrogens with one attached hydrogen (secondary N) is 1. The van der Waals surface area contributed by atoms with E-state index in [0.29, 0.717) is 29.4 Å². The second-order valence-corrected chi connectivity index (χ2v) is 11.0. The first kappa shape index (κ1) is 29.3. The summed E-state index contributed by atoms with van der Waals surface area (Å²) in [4.78, 5) is 52.1. The fraction of sp³-hybridized carbons (Fsp3) is 0.464. The highest BCUT2D eigenvalue weighted by Gasteiger charge is 2.54. The highest BCUT2D eigenvalue weighted by Crippen LogP contribution is 2.39. The number of carbonyl (C=O) groups excluding carboxylic acids is 3. The smallest absolute Gasteiger partial charge is 0.339 e. The van der Waals surface area contributed by atoms with Crippen LogP contribution < -0.4 is 4.90 Å². The SMILES string of the molecule is CN(C)CCN(CC(F)(F)F)C(=O)CN1CN(c2ccccc2)C2(CCN(C(=O)c3cnc4[nH]ncc4c3)CC2)C1=O. The van der Waals surface area contributed by atoms with Crippen LogP contribution in [-0.2, 0) is 9.59 Å². The summed E-state index contributed by atoms with van der Waals surface area (Å²) in [5.74, 6) is -1.30. The second kappa shape index (κ2) is 11.6. The maximum absolute atomic E-state index is 14.0. The number of aromatic amines is 1. The molecule has 1 spiro atoms. The first-order valence-electron chi connectivity index (χ1n) is 13.7. The van der Waals surface area contributed by atoms with E-state index < -0.39 is 30.7 Å². The second-order valence-electron chi connectivity index (χ2n) is 11.0. The molecule has 1 N–H and O–H groups in total. The van der Waals surface area contributed by atoms with Crippen molar-refractivity contribution in [1.29, 1.82) is 0 Å². The predicted molar refractivity (Wildman–Crippen MR) is 148 cm³/mol. The van der Waals surface area contributed by atoms with E-state index in [1.807, 2.05) is 35.2 Å². The molecule has 5 rings (SSSR count). The van der Waals surface area contributed by atoms with Crippen LogP contribution in [0.5, 0.6) is 0 Å². The number of carbonyl (C=O) groups is 3. The van der Waals surface area contributed by atoms with Crippen LogP contribution in [0.15, 0.2) is 48.8 Å². The van der Waals surface area contributed by atoms with Crippen LogP contribution >= 0.6 is 0 Å². The van der Waals surface area contributed by atoms with E-state index in [1.54, 1.807) is 36.2 Å². The molecule has 14 heteroatoms. The Balaban J connectivity index is 1.34. The minimum absolute atomic E-state index is 0.0527. The molecule has 0 atom stereocenters. The van der Waals surface area contributed by atoms with Crippen LogP contribution in [0, 0.1) is 0 Å². The van der Waals surface area contributed by atoms with Gasteiger partial charge in [0, 0.05) is 43.4 Å². The van der Waals surface area contributed by atoms with Crippen LogP contribution in [0.3, 0.4) is 0 Å². The number of nitrogens with zero attached hydrogens (tertiary/aromatic N) is 7. The van der Waals surface area contributed by atoms with Crippen LogP contribution in [0.25, 0.3) is 11.0 Å². The lowest BCUT2D eigenvalue weighted by molar-refractivity contribution is -0.162. The molecule has 0 bridgehead atoms. The Morgan fingerprint density at radius 3 is 2.45 bits per heavy atom. The van der Waals surface area contributed by atoms with Crippen molar-refractivity contribution in [2.75, 3.05) is 64.9 Å². The molecule has 4 heterocycles. The highest BCUT2D eigenvalue weighted by atomic mass is 19.4. The summed E-state index contributed by atoms with van der Waals surface area (Å²) < 4.78 is 39.9. The highest BCUT2D eigenvalue weighted by molar-refractivity contribution is 5.98. The Morgan fingerprint density at radius 2 is 1.79 bits per heavy atom.